The third kappa shape index (κ3) is 5.22. The van der Waals surface area contributed by atoms with Gasteiger partial charge in [-0.15, -0.1) is 0 Å². The lowest BCUT2D eigenvalue weighted by Crippen LogP contribution is -2.30. The molecule has 1 N–H and O–H groups in total. The molecule has 0 saturated heterocycles. The Labute approximate surface area is 154 Å². The second-order valence-corrected chi connectivity index (χ2v) is 6.06. The van der Waals surface area contributed by atoms with Gasteiger partial charge in [0, 0.05) is 28.4 Å². The Bertz CT molecular complexity index is 738. The average molecular weight is 408 g/mol. The monoisotopic (exact) mass is 407 g/mol. The fraction of sp³-hybridized carbons (Fsp3) is 0.222. The predicted octanol–water partition coefficient (Wildman–Crippen LogP) is 3.65. The van der Waals surface area contributed by atoms with Crippen molar-refractivity contribution in [3.8, 4) is 11.5 Å². The van der Waals surface area contributed by atoms with Crippen LogP contribution < -0.4 is 14.8 Å². The van der Waals surface area contributed by atoms with Crippen LogP contribution in [0.1, 0.15) is 17.3 Å². The van der Waals surface area contributed by atoms with Crippen LogP contribution in [0.25, 0.3) is 0 Å². The van der Waals surface area contributed by atoms with Crippen molar-refractivity contribution in [2.45, 2.75) is 13.0 Å². The molecule has 6 nitrogen and oxygen atoms in total. The second-order valence-electron chi connectivity index (χ2n) is 5.15. The summed E-state index contributed by atoms with van der Waals surface area (Å²) in [6.45, 7) is 1.50. The Morgan fingerprint density at radius 2 is 1.56 bits per heavy atom. The zero-order valence-electron chi connectivity index (χ0n) is 14.0. The number of hydrogen-bond acceptors (Lipinski definition) is 5. The molecule has 0 aromatic heterocycles. The predicted molar refractivity (Wildman–Crippen MR) is 97.2 cm³/mol. The van der Waals surface area contributed by atoms with Gasteiger partial charge in [-0.05, 0) is 31.2 Å². The molecule has 0 bridgehead atoms. The van der Waals surface area contributed by atoms with Gasteiger partial charge in [-0.25, -0.2) is 4.79 Å². The third-order valence-corrected chi connectivity index (χ3v) is 3.88. The molecule has 25 heavy (non-hydrogen) atoms. The summed E-state index contributed by atoms with van der Waals surface area (Å²) in [4.78, 5) is 24.3. The lowest BCUT2D eigenvalue weighted by molar-refractivity contribution is -0.123. The molecule has 2 aromatic rings. The van der Waals surface area contributed by atoms with Crippen molar-refractivity contribution in [3.05, 3.63) is 52.5 Å². The number of nitrogens with one attached hydrogen (secondary N) is 1. The number of esters is 1. The van der Waals surface area contributed by atoms with Crippen molar-refractivity contribution in [1.82, 2.24) is 0 Å². The van der Waals surface area contributed by atoms with E-state index >= 15 is 0 Å². The van der Waals surface area contributed by atoms with E-state index in [-0.39, 0.29) is 0 Å². The topological polar surface area (TPSA) is 73.9 Å². The number of carbonyl (C=O) groups excluding carboxylic acids is 2. The Morgan fingerprint density at radius 1 is 1.00 bits per heavy atom. The standard InChI is InChI=1S/C18H18BrNO5/c1-11(25-18(22)12-4-6-13(19)7-5-12)17(21)20-14-8-15(23-2)10-16(9-14)24-3/h4-11H,1-3H3,(H,20,21). The first kappa shape index (κ1) is 18.8. The third-order valence-electron chi connectivity index (χ3n) is 3.35. The second kappa shape index (κ2) is 8.53. The zero-order chi connectivity index (χ0) is 18.4. The number of carbonyl (C=O) groups is 2. The number of anilines is 1. The van der Waals surface area contributed by atoms with Crippen LogP contribution in [0.2, 0.25) is 0 Å². The molecule has 0 spiro atoms. The van der Waals surface area contributed by atoms with E-state index in [0.717, 1.165) is 4.47 Å². The minimum atomic E-state index is -0.964. The van der Waals surface area contributed by atoms with E-state index in [0.29, 0.717) is 22.7 Å². The highest BCUT2D eigenvalue weighted by Crippen LogP contribution is 2.26. The molecule has 0 radical (unpaired) electrons. The first-order valence-corrected chi connectivity index (χ1v) is 8.22. The minimum absolute atomic E-state index is 0.367. The molecule has 1 unspecified atom stereocenters. The quantitative estimate of drug-likeness (QED) is 0.739. The SMILES string of the molecule is COc1cc(NC(=O)C(C)OC(=O)c2ccc(Br)cc2)cc(OC)c1. The van der Waals surface area contributed by atoms with E-state index in [1.54, 1.807) is 42.5 Å². The van der Waals surface area contributed by atoms with Crippen molar-refractivity contribution >= 4 is 33.5 Å². The van der Waals surface area contributed by atoms with E-state index < -0.39 is 18.0 Å². The fourth-order valence-electron chi connectivity index (χ4n) is 1.99. The first-order valence-electron chi connectivity index (χ1n) is 7.43. The van der Waals surface area contributed by atoms with Crippen molar-refractivity contribution in [3.63, 3.8) is 0 Å². The van der Waals surface area contributed by atoms with Gasteiger partial charge >= 0.3 is 5.97 Å². The molecule has 0 fully saturated rings. The number of rotatable bonds is 6. The van der Waals surface area contributed by atoms with Crippen molar-refractivity contribution in [1.29, 1.82) is 0 Å². The summed E-state index contributed by atoms with van der Waals surface area (Å²) in [6.07, 6.45) is -0.964. The normalized spacial score (nSPS) is 11.4. The Hall–Kier alpha value is -2.54. The lowest BCUT2D eigenvalue weighted by Gasteiger charge is -2.15. The zero-order valence-corrected chi connectivity index (χ0v) is 15.6. The number of halogens is 1. The molecule has 0 aliphatic carbocycles. The van der Waals surface area contributed by atoms with Crippen LogP contribution in [0.5, 0.6) is 11.5 Å². The minimum Gasteiger partial charge on any atom is -0.497 e. The first-order chi connectivity index (χ1) is 11.9. The van der Waals surface area contributed by atoms with Gasteiger partial charge in [-0.1, -0.05) is 15.9 Å². The van der Waals surface area contributed by atoms with Crippen molar-refractivity contribution in [2.24, 2.45) is 0 Å². The van der Waals surface area contributed by atoms with E-state index in [9.17, 15) is 9.59 Å². The molecular weight excluding hydrogens is 390 g/mol. The molecule has 7 heteroatoms. The molecule has 1 amide bonds. The van der Waals surface area contributed by atoms with Crippen LogP contribution in [0.15, 0.2) is 46.9 Å². The van der Waals surface area contributed by atoms with Gasteiger partial charge < -0.3 is 19.5 Å². The van der Waals surface area contributed by atoms with Gasteiger partial charge in [0.15, 0.2) is 6.10 Å². The molecular formula is C18H18BrNO5. The van der Waals surface area contributed by atoms with Gasteiger partial charge in [0.2, 0.25) is 0 Å². The van der Waals surface area contributed by atoms with E-state index in [2.05, 4.69) is 21.2 Å². The average Bonchev–Trinajstić information content (AvgIpc) is 2.61. The van der Waals surface area contributed by atoms with Gasteiger partial charge in [0.25, 0.3) is 5.91 Å². The highest BCUT2D eigenvalue weighted by Gasteiger charge is 2.19. The Balaban J connectivity index is 2.02. The maximum Gasteiger partial charge on any atom is 0.338 e. The number of hydrogen-bond donors (Lipinski definition) is 1. The summed E-state index contributed by atoms with van der Waals surface area (Å²) in [5.41, 5.74) is 0.846. The molecule has 0 saturated carbocycles. The molecule has 2 rings (SSSR count). The fourth-order valence-corrected chi connectivity index (χ4v) is 2.26. The molecule has 0 heterocycles. The van der Waals surface area contributed by atoms with E-state index in [1.165, 1.54) is 21.1 Å². The van der Waals surface area contributed by atoms with Crippen LogP contribution in [0.4, 0.5) is 5.69 Å². The van der Waals surface area contributed by atoms with Gasteiger partial charge in [-0.3, -0.25) is 4.79 Å². The van der Waals surface area contributed by atoms with Crippen LogP contribution in [-0.4, -0.2) is 32.2 Å². The number of amides is 1. The van der Waals surface area contributed by atoms with E-state index in [1.807, 2.05) is 0 Å². The molecule has 0 aliphatic rings. The highest BCUT2D eigenvalue weighted by molar-refractivity contribution is 9.10. The molecule has 1 atom stereocenters. The summed E-state index contributed by atoms with van der Waals surface area (Å²) in [5.74, 6) is 0.0439. The number of ether oxygens (including phenoxy) is 3. The largest absolute Gasteiger partial charge is 0.497 e. The summed E-state index contributed by atoms with van der Waals surface area (Å²) in [7, 11) is 3.03. The summed E-state index contributed by atoms with van der Waals surface area (Å²) in [5, 5.41) is 2.67. The van der Waals surface area contributed by atoms with Crippen LogP contribution >= 0.6 is 15.9 Å². The van der Waals surface area contributed by atoms with Crippen LogP contribution in [0.3, 0.4) is 0 Å². The summed E-state index contributed by atoms with van der Waals surface area (Å²) >= 11 is 3.29. The maximum atomic E-state index is 12.3. The Morgan fingerprint density at radius 3 is 2.08 bits per heavy atom. The van der Waals surface area contributed by atoms with E-state index in [4.69, 9.17) is 14.2 Å². The molecule has 0 aliphatic heterocycles. The van der Waals surface area contributed by atoms with Crippen molar-refractivity contribution in [2.75, 3.05) is 19.5 Å². The van der Waals surface area contributed by atoms with Crippen LogP contribution in [-0.2, 0) is 9.53 Å². The van der Waals surface area contributed by atoms with Gasteiger partial charge in [0.1, 0.15) is 11.5 Å². The van der Waals surface area contributed by atoms with Crippen LogP contribution in [0, 0.1) is 0 Å². The Kier molecular flexibility index (Phi) is 6.41. The number of benzene rings is 2. The highest BCUT2D eigenvalue weighted by atomic mass is 79.9. The van der Waals surface area contributed by atoms with Gasteiger partial charge in [0.05, 0.1) is 19.8 Å². The summed E-state index contributed by atoms with van der Waals surface area (Å²) < 4.78 is 16.3. The van der Waals surface area contributed by atoms with Gasteiger partial charge in [-0.2, -0.15) is 0 Å². The smallest absolute Gasteiger partial charge is 0.338 e. The lowest BCUT2D eigenvalue weighted by atomic mass is 10.2. The number of methoxy groups -OCH3 is 2. The van der Waals surface area contributed by atoms with Crippen molar-refractivity contribution < 1.29 is 23.8 Å². The molecule has 132 valence electrons. The summed E-state index contributed by atoms with van der Waals surface area (Å²) in [6, 6.07) is 11.7. The maximum absolute atomic E-state index is 12.3. The molecule has 2 aromatic carbocycles.